The van der Waals surface area contributed by atoms with Crippen LogP contribution in [0, 0.1) is 5.92 Å². The standard InChI is InChI=1S/C32H34ClFN6O3/c33-26-4-1-3-18-7-22(41)9-27(29(18)26)40-31(42)24-10-28(43-17-32-5-2-6-39(32)16-20(34)11-32)38-30(25(24)15-37-40)23-8-21-14-35-12-19(23)13-36-21/h1,3-4,7,9-10,15,19-21,23,35-36,41H,2,5-6,8,11-14,16-17H2/t19?,20-,21?,23?,32+/m1/s1. The molecule has 9 rings (SSSR count). The minimum absolute atomic E-state index is 0.00980. The number of halogens is 2. The minimum atomic E-state index is -0.854. The lowest BCUT2D eigenvalue weighted by atomic mass is 9.81. The number of benzene rings is 2. The predicted molar refractivity (Wildman–Crippen MR) is 163 cm³/mol. The highest BCUT2D eigenvalue weighted by Crippen LogP contribution is 2.41. The van der Waals surface area contributed by atoms with Crippen molar-refractivity contribution >= 4 is 33.1 Å². The largest absolute Gasteiger partial charge is 0.508 e. The maximum absolute atomic E-state index is 14.5. The SMILES string of the molecule is O=c1c2cc(OC[C@@]34CCCN3C[C@H](F)C4)nc(C3CC4CNCC3CN4)c2cnn1-c1cc(O)cc2cccc(Cl)c12. The zero-order valence-electron chi connectivity index (χ0n) is 23.7. The molecule has 0 saturated carbocycles. The fraction of sp³-hybridized carbons (Fsp3) is 0.469. The number of rotatable bonds is 5. The lowest BCUT2D eigenvalue weighted by Crippen LogP contribution is -2.43. The summed E-state index contributed by atoms with van der Waals surface area (Å²) in [6.45, 7) is 4.27. The summed E-state index contributed by atoms with van der Waals surface area (Å²) < 4.78 is 22.2. The van der Waals surface area contributed by atoms with Crippen LogP contribution in [0.25, 0.3) is 27.2 Å². The molecule has 5 saturated heterocycles. The van der Waals surface area contributed by atoms with E-state index in [1.165, 1.54) is 10.7 Å². The summed E-state index contributed by atoms with van der Waals surface area (Å²) in [5.74, 6) is 0.798. The van der Waals surface area contributed by atoms with Gasteiger partial charge in [-0.15, -0.1) is 0 Å². The van der Waals surface area contributed by atoms with Crippen molar-refractivity contribution in [2.75, 3.05) is 39.3 Å². The fourth-order valence-corrected chi connectivity index (χ4v) is 8.31. The van der Waals surface area contributed by atoms with Crippen LogP contribution in [-0.2, 0) is 0 Å². The molecule has 5 fully saturated rings. The summed E-state index contributed by atoms with van der Waals surface area (Å²) in [7, 11) is 0. The molecule has 3 N–H and O–H groups in total. The Morgan fingerprint density at radius 1 is 1.19 bits per heavy atom. The molecular weight excluding hydrogens is 571 g/mol. The number of phenolic OH excluding ortho intramolecular Hbond substituents is 1. The maximum atomic E-state index is 14.5. The molecule has 5 aliphatic heterocycles. The molecule has 9 nitrogen and oxygen atoms in total. The Kier molecular flexibility index (Phi) is 6.59. The molecule has 2 aromatic heterocycles. The molecule has 3 unspecified atom stereocenters. The number of fused-ring (bicyclic) bond motifs is 7. The van der Waals surface area contributed by atoms with E-state index in [-0.39, 0.29) is 22.8 Å². The van der Waals surface area contributed by atoms with E-state index in [9.17, 15) is 14.3 Å². The van der Waals surface area contributed by atoms with Crippen LogP contribution in [0.4, 0.5) is 4.39 Å². The van der Waals surface area contributed by atoms with Crippen molar-refractivity contribution in [3.8, 4) is 17.3 Å². The van der Waals surface area contributed by atoms with E-state index in [4.69, 9.17) is 21.3 Å². The molecule has 5 aliphatic rings. The molecule has 0 aliphatic carbocycles. The van der Waals surface area contributed by atoms with Crippen molar-refractivity contribution in [2.45, 2.75) is 49.4 Å². The minimum Gasteiger partial charge on any atom is -0.508 e. The molecule has 2 aromatic carbocycles. The number of nitrogens with zero attached hydrogens (tertiary/aromatic N) is 4. The Balaban J connectivity index is 1.28. The van der Waals surface area contributed by atoms with Gasteiger partial charge in [-0.2, -0.15) is 9.78 Å². The topological polar surface area (TPSA) is 105 Å². The summed E-state index contributed by atoms with van der Waals surface area (Å²) >= 11 is 6.60. The monoisotopic (exact) mass is 604 g/mol. The first-order valence-electron chi connectivity index (χ1n) is 15.2. The number of nitrogens with one attached hydrogen (secondary N) is 2. The van der Waals surface area contributed by atoms with Crippen molar-refractivity contribution in [1.29, 1.82) is 0 Å². The zero-order chi connectivity index (χ0) is 29.3. The van der Waals surface area contributed by atoms with Gasteiger partial charge in [0.15, 0.2) is 0 Å². The molecule has 2 bridgehead atoms. The van der Waals surface area contributed by atoms with Crippen LogP contribution in [0.3, 0.4) is 0 Å². The van der Waals surface area contributed by atoms with Crippen LogP contribution in [0.15, 0.2) is 47.4 Å². The number of phenols is 1. The number of hydrogen-bond donors (Lipinski definition) is 3. The lowest BCUT2D eigenvalue weighted by Gasteiger charge is -2.34. The van der Waals surface area contributed by atoms with Crippen LogP contribution in [-0.4, -0.2) is 81.9 Å². The van der Waals surface area contributed by atoms with Crippen LogP contribution in [0.1, 0.15) is 37.3 Å². The number of aromatic nitrogens is 3. The summed E-state index contributed by atoms with van der Waals surface area (Å²) in [5.41, 5.74) is 0.536. The van der Waals surface area contributed by atoms with Gasteiger partial charge in [0.2, 0.25) is 5.88 Å². The molecule has 43 heavy (non-hydrogen) atoms. The van der Waals surface area contributed by atoms with E-state index in [1.807, 2.05) is 6.07 Å². The zero-order valence-corrected chi connectivity index (χ0v) is 24.5. The maximum Gasteiger partial charge on any atom is 0.279 e. The Morgan fingerprint density at radius 2 is 2.09 bits per heavy atom. The molecule has 11 heteroatoms. The first kappa shape index (κ1) is 27.3. The Morgan fingerprint density at radius 3 is 3.00 bits per heavy atom. The summed E-state index contributed by atoms with van der Waals surface area (Å²) in [5, 5.41) is 25.2. The smallest absolute Gasteiger partial charge is 0.279 e. The molecule has 4 aromatic rings. The van der Waals surface area contributed by atoms with Crippen molar-refractivity contribution < 1.29 is 14.2 Å². The van der Waals surface area contributed by atoms with Gasteiger partial charge in [0, 0.05) is 60.9 Å². The van der Waals surface area contributed by atoms with Crippen molar-refractivity contribution in [3.63, 3.8) is 0 Å². The average molecular weight is 605 g/mol. The highest BCUT2D eigenvalue weighted by Gasteiger charge is 2.49. The predicted octanol–water partition coefficient (Wildman–Crippen LogP) is 3.91. The highest BCUT2D eigenvalue weighted by molar-refractivity contribution is 6.36. The second-order valence-electron chi connectivity index (χ2n) is 12.7. The molecule has 7 heterocycles. The Hall–Kier alpha value is -3.31. The van der Waals surface area contributed by atoms with Crippen molar-refractivity contribution in [2.24, 2.45) is 5.92 Å². The first-order valence-corrected chi connectivity index (χ1v) is 15.6. The molecular formula is C32H34ClFN6O3. The van der Waals surface area contributed by atoms with Gasteiger partial charge < -0.3 is 20.5 Å². The van der Waals surface area contributed by atoms with Crippen LogP contribution < -0.4 is 20.9 Å². The highest BCUT2D eigenvalue weighted by atomic mass is 35.5. The molecule has 0 amide bonds. The van der Waals surface area contributed by atoms with Gasteiger partial charge >= 0.3 is 0 Å². The second-order valence-corrected chi connectivity index (χ2v) is 13.1. The number of hydrogen-bond acceptors (Lipinski definition) is 8. The molecule has 5 atom stereocenters. The number of aromatic hydroxyl groups is 1. The van der Waals surface area contributed by atoms with Gasteiger partial charge in [-0.1, -0.05) is 23.7 Å². The first-order chi connectivity index (χ1) is 20.9. The van der Waals surface area contributed by atoms with E-state index in [0.29, 0.717) is 69.7 Å². The van der Waals surface area contributed by atoms with E-state index >= 15 is 0 Å². The molecule has 224 valence electrons. The number of alkyl halides is 1. The van der Waals surface area contributed by atoms with E-state index in [1.54, 1.807) is 30.5 Å². The Labute approximate surface area is 253 Å². The van der Waals surface area contributed by atoms with E-state index < -0.39 is 6.17 Å². The number of pyridine rings is 1. The number of piperidine rings is 1. The van der Waals surface area contributed by atoms with Gasteiger partial charge in [0.05, 0.1) is 33.5 Å². The Bertz CT molecular complexity index is 1800. The van der Waals surface area contributed by atoms with Gasteiger partial charge in [0.25, 0.3) is 5.56 Å². The fourth-order valence-electron chi connectivity index (χ4n) is 8.03. The third-order valence-corrected chi connectivity index (χ3v) is 10.4. The van der Waals surface area contributed by atoms with Crippen LogP contribution in [0.2, 0.25) is 5.02 Å². The van der Waals surface area contributed by atoms with E-state index in [2.05, 4.69) is 20.6 Å². The van der Waals surface area contributed by atoms with E-state index in [0.717, 1.165) is 51.1 Å². The summed E-state index contributed by atoms with van der Waals surface area (Å²) in [6.07, 6.45) is 4.11. The normalized spacial score (nSPS) is 28.9. The number of ether oxygens (including phenoxy) is 1. The molecule has 0 spiro atoms. The van der Waals surface area contributed by atoms with Gasteiger partial charge in [-0.05, 0) is 55.8 Å². The lowest BCUT2D eigenvalue weighted by molar-refractivity contribution is 0.110. The van der Waals surface area contributed by atoms with Gasteiger partial charge in [-0.25, -0.2) is 9.37 Å². The summed E-state index contributed by atoms with van der Waals surface area (Å²) in [4.78, 5) is 21.6. The third kappa shape index (κ3) is 4.58. The molecule has 0 radical (unpaired) electrons. The van der Waals surface area contributed by atoms with Gasteiger partial charge in [0.1, 0.15) is 18.5 Å². The average Bonchev–Trinajstić information content (AvgIpc) is 3.31. The third-order valence-electron chi connectivity index (χ3n) is 10.1. The summed E-state index contributed by atoms with van der Waals surface area (Å²) in [6, 6.07) is 10.5. The second kappa shape index (κ2) is 10.4. The quantitative estimate of drug-likeness (QED) is 0.315. The van der Waals surface area contributed by atoms with Crippen molar-refractivity contribution in [1.82, 2.24) is 30.3 Å². The van der Waals surface area contributed by atoms with Crippen LogP contribution >= 0.6 is 11.6 Å². The van der Waals surface area contributed by atoms with Crippen LogP contribution in [0.5, 0.6) is 11.6 Å². The van der Waals surface area contributed by atoms with Crippen molar-refractivity contribution in [3.05, 3.63) is 63.7 Å². The van der Waals surface area contributed by atoms with Gasteiger partial charge in [-0.3, -0.25) is 9.69 Å².